The van der Waals surface area contributed by atoms with Gasteiger partial charge >= 0.3 is 6.03 Å². The van der Waals surface area contributed by atoms with Crippen molar-refractivity contribution in [2.45, 2.75) is 51.0 Å². The van der Waals surface area contributed by atoms with Gasteiger partial charge in [0, 0.05) is 42.8 Å². The number of H-pyrrole nitrogens is 1. The zero-order chi connectivity index (χ0) is 25.5. The highest BCUT2D eigenvalue weighted by Gasteiger charge is 2.31. The molecule has 2 aromatic carbocycles. The summed E-state index contributed by atoms with van der Waals surface area (Å²) in [4.78, 5) is 50.3. The molecule has 1 saturated heterocycles. The van der Waals surface area contributed by atoms with Gasteiger partial charge < -0.3 is 25.4 Å². The number of piperidine rings is 1. The van der Waals surface area contributed by atoms with E-state index >= 15 is 0 Å². The van der Waals surface area contributed by atoms with Crippen molar-refractivity contribution >= 4 is 34.6 Å². The van der Waals surface area contributed by atoms with Crippen LogP contribution < -0.4 is 10.6 Å². The van der Waals surface area contributed by atoms with Crippen LogP contribution in [-0.2, 0) is 11.2 Å². The van der Waals surface area contributed by atoms with Crippen molar-refractivity contribution in [3.8, 4) is 0 Å². The van der Waals surface area contributed by atoms with E-state index in [1.807, 2.05) is 42.2 Å². The number of rotatable bonds is 5. The number of urea groups is 1. The lowest BCUT2D eigenvalue weighted by molar-refractivity contribution is -0.131. The molecule has 3 aromatic rings. The van der Waals surface area contributed by atoms with Gasteiger partial charge in [0.15, 0.2) is 0 Å². The topological polar surface area (TPSA) is 110 Å². The van der Waals surface area contributed by atoms with E-state index < -0.39 is 0 Å². The molecule has 192 valence electrons. The Labute approximate surface area is 215 Å². The molecule has 0 radical (unpaired) electrons. The molecular formula is C28H32N6O3. The summed E-state index contributed by atoms with van der Waals surface area (Å²) in [5.74, 6) is 1.14. The van der Waals surface area contributed by atoms with Gasteiger partial charge in [0.25, 0.3) is 5.91 Å². The van der Waals surface area contributed by atoms with Crippen LogP contribution in [0.3, 0.4) is 0 Å². The van der Waals surface area contributed by atoms with Crippen molar-refractivity contribution in [2.24, 2.45) is 0 Å². The lowest BCUT2D eigenvalue weighted by Crippen LogP contribution is -2.51. The Morgan fingerprint density at radius 3 is 2.65 bits per heavy atom. The third kappa shape index (κ3) is 4.77. The molecule has 37 heavy (non-hydrogen) atoms. The third-order valence-electron chi connectivity index (χ3n) is 7.82. The first kappa shape index (κ1) is 23.5. The second kappa shape index (κ2) is 9.53. The fourth-order valence-electron chi connectivity index (χ4n) is 5.53. The predicted molar refractivity (Wildman–Crippen MR) is 141 cm³/mol. The van der Waals surface area contributed by atoms with E-state index in [0.29, 0.717) is 31.1 Å². The second-order valence-electron chi connectivity index (χ2n) is 10.4. The second-order valence-corrected chi connectivity index (χ2v) is 10.4. The van der Waals surface area contributed by atoms with Crippen molar-refractivity contribution in [1.82, 2.24) is 25.1 Å². The molecule has 1 aliphatic carbocycles. The van der Waals surface area contributed by atoms with Gasteiger partial charge in [0.05, 0.1) is 17.6 Å². The Morgan fingerprint density at radius 2 is 1.86 bits per heavy atom. The van der Waals surface area contributed by atoms with Crippen molar-refractivity contribution < 1.29 is 14.4 Å². The number of para-hydroxylation sites is 1. The Morgan fingerprint density at radius 1 is 1.08 bits per heavy atom. The van der Waals surface area contributed by atoms with Gasteiger partial charge in [-0.1, -0.05) is 18.2 Å². The maximum Gasteiger partial charge on any atom is 0.322 e. The van der Waals surface area contributed by atoms with Crippen molar-refractivity contribution in [2.75, 3.05) is 31.5 Å². The number of anilines is 1. The van der Waals surface area contributed by atoms with Crippen LogP contribution in [0.5, 0.6) is 0 Å². The Balaban J connectivity index is 1.02. The highest BCUT2D eigenvalue weighted by atomic mass is 16.2. The highest BCUT2D eigenvalue weighted by molar-refractivity contribution is 5.99. The first-order valence-corrected chi connectivity index (χ1v) is 13.2. The third-order valence-corrected chi connectivity index (χ3v) is 7.82. The van der Waals surface area contributed by atoms with Gasteiger partial charge in [-0.3, -0.25) is 9.59 Å². The molecule has 9 nitrogen and oxygen atoms in total. The van der Waals surface area contributed by atoms with Gasteiger partial charge in [-0.15, -0.1) is 0 Å². The van der Waals surface area contributed by atoms with E-state index in [4.69, 9.17) is 4.98 Å². The van der Waals surface area contributed by atoms with Crippen LogP contribution in [0.25, 0.3) is 11.0 Å². The SMILES string of the molecule is Cc1cc(C(=O)NCC(=O)N2CCC(N3CCc4ccccc4NC3=O)CC2)cc2[nH]c(C3CC3)nc12. The Bertz CT molecular complexity index is 1370. The van der Waals surface area contributed by atoms with Crippen molar-refractivity contribution in [3.05, 3.63) is 58.9 Å². The molecular weight excluding hydrogens is 468 g/mol. The normalized spacial score (nSPS) is 18.4. The number of aryl methyl sites for hydroxylation is 1. The summed E-state index contributed by atoms with van der Waals surface area (Å²) in [6, 6.07) is 11.6. The van der Waals surface area contributed by atoms with Gasteiger partial charge in [-0.2, -0.15) is 0 Å². The molecule has 0 unspecified atom stereocenters. The lowest BCUT2D eigenvalue weighted by atomic mass is 10.0. The monoisotopic (exact) mass is 500 g/mol. The minimum absolute atomic E-state index is 0.0452. The quantitative estimate of drug-likeness (QED) is 0.498. The molecule has 4 amide bonds. The number of carbonyl (C=O) groups excluding carboxylic acids is 3. The smallest absolute Gasteiger partial charge is 0.322 e. The number of benzene rings is 2. The van der Waals surface area contributed by atoms with Crippen LogP contribution in [0.15, 0.2) is 36.4 Å². The van der Waals surface area contributed by atoms with E-state index in [2.05, 4.69) is 21.7 Å². The molecule has 3 aliphatic rings. The standard InChI is InChI=1S/C28H32N6O3/c1-17-14-20(15-23-25(17)32-26(30-23)19-6-7-19)27(36)29-16-24(35)33-11-9-21(10-12-33)34-13-8-18-4-2-3-5-22(18)31-28(34)37/h2-5,14-15,19,21H,6-13,16H2,1H3,(H,29,36)(H,30,32)(H,31,37). The summed E-state index contributed by atoms with van der Waals surface area (Å²) in [5.41, 5.74) is 5.26. The molecule has 0 spiro atoms. The fraction of sp³-hybridized carbons (Fsp3) is 0.429. The van der Waals surface area contributed by atoms with Crippen LogP contribution in [0, 0.1) is 6.92 Å². The van der Waals surface area contributed by atoms with Crippen molar-refractivity contribution in [1.29, 1.82) is 0 Å². The van der Waals surface area contributed by atoms with Gasteiger partial charge in [-0.25, -0.2) is 9.78 Å². The van der Waals surface area contributed by atoms with E-state index in [-0.39, 0.29) is 30.4 Å². The summed E-state index contributed by atoms with van der Waals surface area (Å²) < 4.78 is 0. The summed E-state index contributed by atoms with van der Waals surface area (Å²) in [5, 5.41) is 5.82. The first-order chi connectivity index (χ1) is 18.0. The number of nitrogens with one attached hydrogen (secondary N) is 3. The number of nitrogens with zero attached hydrogens (tertiary/aromatic N) is 3. The van der Waals surface area contributed by atoms with Crippen LogP contribution in [0.4, 0.5) is 10.5 Å². The first-order valence-electron chi connectivity index (χ1n) is 13.2. The average Bonchev–Trinajstić information content (AvgIpc) is 3.69. The molecule has 0 bridgehead atoms. The summed E-state index contributed by atoms with van der Waals surface area (Å²) in [6.45, 7) is 3.71. The minimum atomic E-state index is -0.267. The molecule has 6 rings (SSSR count). The predicted octanol–water partition coefficient (Wildman–Crippen LogP) is 3.56. The average molecular weight is 501 g/mol. The summed E-state index contributed by atoms with van der Waals surface area (Å²) >= 11 is 0. The number of amides is 4. The largest absolute Gasteiger partial charge is 0.343 e. The molecule has 3 N–H and O–H groups in total. The maximum absolute atomic E-state index is 12.9. The van der Waals surface area contributed by atoms with E-state index in [1.54, 1.807) is 4.90 Å². The number of aromatic nitrogens is 2. The zero-order valence-corrected chi connectivity index (χ0v) is 21.0. The lowest BCUT2D eigenvalue weighted by Gasteiger charge is -2.38. The Hall–Kier alpha value is -3.88. The maximum atomic E-state index is 12.9. The molecule has 0 atom stereocenters. The van der Waals surface area contributed by atoms with E-state index in [0.717, 1.165) is 65.8 Å². The zero-order valence-electron chi connectivity index (χ0n) is 21.0. The minimum Gasteiger partial charge on any atom is -0.343 e. The molecule has 1 aromatic heterocycles. The Kier molecular flexibility index (Phi) is 6.06. The molecule has 1 saturated carbocycles. The number of aromatic amines is 1. The number of likely N-dealkylation sites (tertiary alicyclic amines) is 1. The fourth-order valence-corrected chi connectivity index (χ4v) is 5.53. The summed E-state index contributed by atoms with van der Waals surface area (Å²) in [6.07, 6.45) is 4.58. The van der Waals surface area contributed by atoms with Crippen molar-refractivity contribution in [3.63, 3.8) is 0 Å². The van der Waals surface area contributed by atoms with Crippen LogP contribution in [-0.4, -0.2) is 69.8 Å². The van der Waals surface area contributed by atoms with Gasteiger partial charge in [-0.05, 0) is 68.4 Å². The van der Waals surface area contributed by atoms with Crippen LogP contribution in [0.1, 0.15) is 58.9 Å². The summed E-state index contributed by atoms with van der Waals surface area (Å²) in [7, 11) is 0. The highest BCUT2D eigenvalue weighted by Crippen LogP contribution is 2.39. The van der Waals surface area contributed by atoms with E-state index in [9.17, 15) is 14.4 Å². The molecule has 2 fully saturated rings. The molecule has 9 heteroatoms. The molecule has 2 aliphatic heterocycles. The number of hydrogen-bond acceptors (Lipinski definition) is 4. The number of imidazole rings is 1. The van der Waals surface area contributed by atoms with Gasteiger partial charge in [0.1, 0.15) is 5.82 Å². The number of fused-ring (bicyclic) bond motifs is 2. The van der Waals surface area contributed by atoms with Gasteiger partial charge in [0.2, 0.25) is 5.91 Å². The number of carbonyl (C=O) groups is 3. The number of hydrogen-bond donors (Lipinski definition) is 3. The van der Waals surface area contributed by atoms with Crippen LogP contribution >= 0.6 is 0 Å². The van der Waals surface area contributed by atoms with E-state index in [1.165, 1.54) is 0 Å². The molecule has 3 heterocycles. The van der Waals surface area contributed by atoms with Crippen LogP contribution in [0.2, 0.25) is 0 Å².